The van der Waals surface area contributed by atoms with Crippen LogP contribution in [0.25, 0.3) is 0 Å². The zero-order valence-electron chi connectivity index (χ0n) is 10.9. The standard InChI is InChI=1S/C13H9F5N2OS/c14-8-9(15)11(17)13(12(18)10(8)16)20-7(21)5-19-4-6-2-1-3-22-6/h1-3,19H,4-5H2,(H,20,21)/p+1. The quantitative estimate of drug-likeness (QED) is 0.490. The van der Waals surface area contributed by atoms with Crippen LogP contribution in [0.5, 0.6) is 0 Å². The van der Waals surface area contributed by atoms with E-state index in [9.17, 15) is 26.7 Å². The van der Waals surface area contributed by atoms with E-state index in [-0.39, 0.29) is 6.54 Å². The number of carbonyl (C=O) groups excluding carboxylic acids is 1. The highest BCUT2D eigenvalue weighted by atomic mass is 32.1. The van der Waals surface area contributed by atoms with Gasteiger partial charge in [-0.1, -0.05) is 6.07 Å². The van der Waals surface area contributed by atoms with Crippen LogP contribution in [0.2, 0.25) is 0 Å². The molecule has 9 heteroatoms. The molecule has 2 aromatic rings. The van der Waals surface area contributed by atoms with Gasteiger partial charge in [0, 0.05) is 0 Å². The van der Waals surface area contributed by atoms with Crippen LogP contribution in [0.4, 0.5) is 27.6 Å². The maximum Gasteiger partial charge on any atom is 0.279 e. The molecule has 0 aliphatic carbocycles. The lowest BCUT2D eigenvalue weighted by Gasteiger charge is -2.09. The van der Waals surface area contributed by atoms with Gasteiger partial charge in [-0.2, -0.15) is 0 Å². The van der Waals surface area contributed by atoms with Crippen LogP contribution in [0.1, 0.15) is 4.88 Å². The van der Waals surface area contributed by atoms with Crippen LogP contribution in [-0.4, -0.2) is 12.5 Å². The zero-order valence-corrected chi connectivity index (χ0v) is 11.7. The molecule has 0 radical (unpaired) electrons. The number of carbonyl (C=O) groups is 1. The molecule has 0 spiro atoms. The van der Waals surface area contributed by atoms with Crippen LogP contribution in [-0.2, 0) is 11.3 Å². The number of hydrogen-bond acceptors (Lipinski definition) is 2. The van der Waals surface area contributed by atoms with Gasteiger partial charge >= 0.3 is 0 Å². The van der Waals surface area contributed by atoms with Crippen LogP contribution >= 0.6 is 11.3 Å². The van der Waals surface area contributed by atoms with Crippen molar-refractivity contribution in [2.75, 3.05) is 11.9 Å². The maximum atomic E-state index is 13.4. The first-order chi connectivity index (χ1) is 10.4. The Morgan fingerprint density at radius 3 is 2.18 bits per heavy atom. The SMILES string of the molecule is O=C(C[NH2+]Cc1cccs1)Nc1c(F)c(F)c(F)c(F)c1F. The number of anilines is 1. The lowest BCUT2D eigenvalue weighted by molar-refractivity contribution is -0.659. The summed E-state index contributed by atoms with van der Waals surface area (Å²) in [6.07, 6.45) is 0. The fraction of sp³-hybridized carbons (Fsp3) is 0.154. The lowest BCUT2D eigenvalue weighted by Crippen LogP contribution is -2.84. The smallest absolute Gasteiger partial charge is 0.279 e. The monoisotopic (exact) mass is 337 g/mol. The summed E-state index contributed by atoms with van der Waals surface area (Å²) in [6.45, 7) is 0.236. The fourth-order valence-corrected chi connectivity index (χ4v) is 2.38. The largest absolute Gasteiger partial charge is 0.334 e. The van der Waals surface area contributed by atoms with Crippen LogP contribution in [0, 0.1) is 29.1 Å². The predicted molar refractivity (Wildman–Crippen MR) is 69.7 cm³/mol. The summed E-state index contributed by atoms with van der Waals surface area (Å²) < 4.78 is 65.5. The number of thiophene rings is 1. The van der Waals surface area contributed by atoms with Crippen molar-refractivity contribution in [2.45, 2.75) is 6.54 Å². The summed E-state index contributed by atoms with van der Waals surface area (Å²) in [6, 6.07) is 3.66. The Morgan fingerprint density at radius 2 is 1.64 bits per heavy atom. The van der Waals surface area contributed by atoms with Gasteiger partial charge in [-0.25, -0.2) is 22.0 Å². The van der Waals surface area contributed by atoms with E-state index in [1.165, 1.54) is 16.7 Å². The Hall–Kier alpha value is -2.00. The number of nitrogens with two attached hydrogens (primary N) is 1. The van der Waals surface area contributed by atoms with Crippen LogP contribution in [0.15, 0.2) is 17.5 Å². The van der Waals surface area contributed by atoms with E-state index < -0.39 is 40.7 Å². The lowest BCUT2D eigenvalue weighted by atomic mass is 10.2. The van der Waals surface area contributed by atoms with E-state index in [4.69, 9.17) is 0 Å². The number of nitrogens with one attached hydrogen (secondary N) is 1. The second kappa shape index (κ2) is 6.84. The third-order valence-electron chi connectivity index (χ3n) is 2.73. The van der Waals surface area contributed by atoms with Crippen molar-refractivity contribution >= 4 is 22.9 Å². The first-order valence-corrected chi connectivity index (χ1v) is 6.95. The summed E-state index contributed by atoms with van der Waals surface area (Å²) in [4.78, 5) is 12.5. The Morgan fingerprint density at radius 1 is 1.05 bits per heavy atom. The molecule has 3 nitrogen and oxygen atoms in total. The summed E-state index contributed by atoms with van der Waals surface area (Å²) in [7, 11) is 0. The molecule has 0 aliphatic rings. The highest BCUT2D eigenvalue weighted by Crippen LogP contribution is 2.26. The molecule has 0 aliphatic heterocycles. The van der Waals surface area contributed by atoms with Gasteiger partial charge in [0.25, 0.3) is 5.91 Å². The highest BCUT2D eigenvalue weighted by molar-refractivity contribution is 7.09. The summed E-state index contributed by atoms with van der Waals surface area (Å²) in [5, 5.41) is 5.08. The Balaban J connectivity index is 2.02. The van der Waals surface area contributed by atoms with Gasteiger partial charge in [0.2, 0.25) is 5.82 Å². The first-order valence-electron chi connectivity index (χ1n) is 6.07. The van der Waals surface area contributed by atoms with E-state index in [1.807, 2.05) is 17.5 Å². The third kappa shape index (κ3) is 3.42. The maximum absolute atomic E-state index is 13.4. The Kier molecular flexibility index (Phi) is 5.09. The fourth-order valence-electron chi connectivity index (χ4n) is 1.68. The normalized spacial score (nSPS) is 10.8. The molecule has 2 rings (SSSR count). The molecule has 0 saturated carbocycles. The molecule has 0 atom stereocenters. The first kappa shape index (κ1) is 16.4. The van der Waals surface area contributed by atoms with E-state index >= 15 is 0 Å². The number of amides is 1. The molecule has 1 heterocycles. The minimum Gasteiger partial charge on any atom is -0.334 e. The van der Waals surface area contributed by atoms with E-state index in [0.29, 0.717) is 6.54 Å². The van der Waals surface area contributed by atoms with Crippen molar-refractivity contribution in [3.05, 3.63) is 51.5 Å². The molecule has 1 aromatic carbocycles. The number of rotatable bonds is 5. The van der Waals surface area contributed by atoms with E-state index in [2.05, 4.69) is 0 Å². The summed E-state index contributed by atoms with van der Waals surface area (Å²) in [5.74, 6) is -11.5. The van der Waals surface area contributed by atoms with Gasteiger partial charge in [-0.3, -0.25) is 4.79 Å². The number of quaternary nitrogens is 1. The number of hydrogen-bond donors (Lipinski definition) is 2. The van der Waals surface area contributed by atoms with Crippen molar-refractivity contribution in [1.82, 2.24) is 0 Å². The van der Waals surface area contributed by atoms with Crippen LogP contribution < -0.4 is 10.6 Å². The Labute approximate surface area is 125 Å². The summed E-state index contributed by atoms with van der Waals surface area (Å²) in [5.41, 5.74) is -1.34. The molecular weight excluding hydrogens is 327 g/mol. The second-order valence-electron chi connectivity index (χ2n) is 4.27. The molecule has 1 aromatic heterocycles. The topological polar surface area (TPSA) is 45.7 Å². The van der Waals surface area contributed by atoms with Crippen molar-refractivity contribution in [3.8, 4) is 0 Å². The molecule has 22 heavy (non-hydrogen) atoms. The minimum absolute atomic E-state index is 0.225. The number of benzene rings is 1. The molecular formula is C13H10F5N2OS+. The molecule has 118 valence electrons. The molecule has 0 unspecified atom stereocenters. The van der Waals surface area contributed by atoms with Gasteiger partial charge in [-0.15, -0.1) is 11.3 Å². The Bertz CT molecular complexity index is 661. The predicted octanol–water partition coefficient (Wildman–Crippen LogP) is 2.15. The van der Waals surface area contributed by atoms with Gasteiger partial charge in [0.1, 0.15) is 12.2 Å². The molecule has 0 fully saturated rings. The van der Waals surface area contributed by atoms with Crippen molar-refractivity contribution in [2.24, 2.45) is 0 Å². The van der Waals surface area contributed by atoms with Gasteiger partial charge in [-0.05, 0) is 11.4 Å². The van der Waals surface area contributed by atoms with Gasteiger partial charge in [0.05, 0.1) is 4.88 Å². The highest BCUT2D eigenvalue weighted by Gasteiger charge is 2.26. The van der Waals surface area contributed by atoms with Crippen molar-refractivity contribution in [1.29, 1.82) is 0 Å². The van der Waals surface area contributed by atoms with Crippen molar-refractivity contribution < 1.29 is 32.1 Å². The van der Waals surface area contributed by atoms with Crippen molar-refractivity contribution in [3.63, 3.8) is 0 Å². The molecule has 0 bridgehead atoms. The summed E-state index contributed by atoms with van der Waals surface area (Å²) >= 11 is 1.47. The third-order valence-corrected chi connectivity index (χ3v) is 3.63. The number of halogens is 5. The average Bonchev–Trinajstić information content (AvgIpc) is 3.01. The average molecular weight is 337 g/mol. The molecule has 1 amide bonds. The van der Waals surface area contributed by atoms with Gasteiger partial charge in [0.15, 0.2) is 29.8 Å². The van der Waals surface area contributed by atoms with Gasteiger partial charge < -0.3 is 10.6 Å². The van der Waals surface area contributed by atoms with E-state index in [1.54, 1.807) is 5.32 Å². The minimum atomic E-state index is -2.27. The van der Waals surface area contributed by atoms with Crippen LogP contribution in [0.3, 0.4) is 0 Å². The molecule has 3 N–H and O–H groups in total. The zero-order chi connectivity index (χ0) is 16.3. The second-order valence-corrected chi connectivity index (χ2v) is 5.30. The van der Waals surface area contributed by atoms with E-state index in [0.717, 1.165) is 4.88 Å². The molecule has 0 saturated heterocycles.